The van der Waals surface area contributed by atoms with Gasteiger partial charge in [0.05, 0.1) is 0 Å². The number of nitrogens with zero attached hydrogens (tertiary/aromatic N) is 3. The Kier molecular flexibility index (Phi) is 2.78. The van der Waals surface area contributed by atoms with Gasteiger partial charge in [0.15, 0.2) is 0 Å². The number of carbonyl (C=O) groups is 1. The molecule has 6 heteroatoms. The van der Waals surface area contributed by atoms with Gasteiger partial charge in [0, 0.05) is 12.7 Å². The fraction of sp³-hybridized carbons (Fsp3) is 0.182. The van der Waals surface area contributed by atoms with E-state index < -0.39 is 0 Å². The van der Waals surface area contributed by atoms with Crippen LogP contribution in [0.25, 0.3) is 0 Å². The van der Waals surface area contributed by atoms with Gasteiger partial charge in [-0.25, -0.2) is 4.63 Å². The van der Waals surface area contributed by atoms with Crippen molar-refractivity contribution in [2.45, 2.75) is 6.92 Å². The second-order valence-corrected chi connectivity index (χ2v) is 3.70. The summed E-state index contributed by atoms with van der Waals surface area (Å²) >= 11 is 0. The molecule has 0 aliphatic heterocycles. The molecule has 0 saturated heterocycles. The Labute approximate surface area is 98.0 Å². The predicted molar refractivity (Wildman–Crippen MR) is 62.6 cm³/mol. The summed E-state index contributed by atoms with van der Waals surface area (Å²) in [6.45, 7) is 1.95. The highest BCUT2D eigenvalue weighted by atomic mass is 16.6. The van der Waals surface area contributed by atoms with Crippen molar-refractivity contribution in [2.75, 3.05) is 17.7 Å². The smallest absolute Gasteiger partial charge is 0.284 e. The second-order valence-electron chi connectivity index (χ2n) is 3.70. The third kappa shape index (κ3) is 2.10. The summed E-state index contributed by atoms with van der Waals surface area (Å²) in [5, 5.41) is 6.86. The van der Waals surface area contributed by atoms with Crippen LogP contribution in [0.1, 0.15) is 16.1 Å². The highest BCUT2D eigenvalue weighted by molar-refractivity contribution is 6.06. The molecule has 2 aromatic rings. The number of nitrogens with two attached hydrogens (primary N) is 1. The van der Waals surface area contributed by atoms with E-state index >= 15 is 0 Å². The van der Waals surface area contributed by atoms with Crippen LogP contribution >= 0.6 is 0 Å². The Hall–Kier alpha value is -2.37. The summed E-state index contributed by atoms with van der Waals surface area (Å²) in [6.07, 6.45) is 0. The van der Waals surface area contributed by atoms with Crippen molar-refractivity contribution < 1.29 is 9.42 Å². The summed E-state index contributed by atoms with van der Waals surface area (Å²) in [5.41, 5.74) is 7.32. The molecular formula is C11H12N4O2. The minimum atomic E-state index is -0.352. The van der Waals surface area contributed by atoms with Crippen LogP contribution in [-0.2, 0) is 0 Å². The lowest BCUT2D eigenvalue weighted by molar-refractivity contribution is 0.0984. The molecule has 17 heavy (non-hydrogen) atoms. The predicted octanol–water partition coefficient (Wildman–Crippen LogP) is 1.24. The van der Waals surface area contributed by atoms with E-state index in [1.165, 1.54) is 4.90 Å². The Morgan fingerprint density at radius 1 is 1.41 bits per heavy atom. The van der Waals surface area contributed by atoms with E-state index in [9.17, 15) is 4.79 Å². The molecular weight excluding hydrogens is 220 g/mol. The normalized spacial score (nSPS) is 10.2. The number of anilines is 2. The number of aryl methyl sites for hydroxylation is 1. The van der Waals surface area contributed by atoms with Crippen molar-refractivity contribution in [1.29, 1.82) is 0 Å². The van der Waals surface area contributed by atoms with E-state index in [2.05, 4.69) is 14.9 Å². The van der Waals surface area contributed by atoms with Crippen LogP contribution in [-0.4, -0.2) is 23.3 Å². The zero-order chi connectivity index (χ0) is 12.4. The van der Waals surface area contributed by atoms with Gasteiger partial charge in [-0.3, -0.25) is 4.79 Å². The topological polar surface area (TPSA) is 85.2 Å². The van der Waals surface area contributed by atoms with Gasteiger partial charge in [-0.15, -0.1) is 0 Å². The maximum Gasteiger partial charge on any atom is 0.284 e. The SMILES string of the molecule is Cc1cccc(N(C)C(=O)c2nonc2N)c1. The van der Waals surface area contributed by atoms with Crippen LogP contribution < -0.4 is 10.6 Å². The molecule has 0 atom stereocenters. The standard InChI is InChI=1S/C11H12N4O2/c1-7-4-3-5-8(6-7)15(2)11(16)9-10(12)14-17-13-9/h3-6H,1-2H3,(H2,12,14). The van der Waals surface area contributed by atoms with E-state index in [1.807, 2.05) is 31.2 Å². The Morgan fingerprint density at radius 2 is 2.18 bits per heavy atom. The van der Waals surface area contributed by atoms with E-state index in [4.69, 9.17) is 5.73 Å². The van der Waals surface area contributed by atoms with Gasteiger partial charge in [0.1, 0.15) is 0 Å². The lowest BCUT2D eigenvalue weighted by Crippen LogP contribution is -2.27. The highest BCUT2D eigenvalue weighted by Gasteiger charge is 2.21. The van der Waals surface area contributed by atoms with Crippen LogP contribution in [0.15, 0.2) is 28.9 Å². The molecule has 0 fully saturated rings. The molecule has 0 aliphatic carbocycles. The van der Waals surface area contributed by atoms with Gasteiger partial charge in [-0.2, -0.15) is 0 Å². The molecule has 0 bridgehead atoms. The van der Waals surface area contributed by atoms with Gasteiger partial charge >= 0.3 is 0 Å². The number of nitrogen functional groups attached to an aromatic ring is 1. The Bertz CT molecular complexity index is 550. The zero-order valence-corrected chi connectivity index (χ0v) is 9.54. The van der Waals surface area contributed by atoms with Crippen molar-refractivity contribution in [1.82, 2.24) is 10.3 Å². The number of hydrogen-bond acceptors (Lipinski definition) is 5. The number of aromatic nitrogens is 2. The molecule has 0 aliphatic rings. The van der Waals surface area contributed by atoms with Crippen LogP contribution in [0.4, 0.5) is 11.5 Å². The average molecular weight is 232 g/mol. The summed E-state index contributed by atoms with van der Waals surface area (Å²) in [6, 6.07) is 7.54. The quantitative estimate of drug-likeness (QED) is 0.841. The van der Waals surface area contributed by atoms with E-state index in [0.717, 1.165) is 11.3 Å². The van der Waals surface area contributed by atoms with Gasteiger partial charge in [0.2, 0.25) is 11.5 Å². The molecule has 0 radical (unpaired) electrons. The van der Waals surface area contributed by atoms with Crippen LogP contribution in [0.3, 0.4) is 0 Å². The van der Waals surface area contributed by atoms with Crippen LogP contribution in [0.2, 0.25) is 0 Å². The van der Waals surface area contributed by atoms with Crippen molar-refractivity contribution >= 4 is 17.4 Å². The second kappa shape index (κ2) is 4.25. The number of rotatable bonds is 2. The molecule has 1 aromatic carbocycles. The summed E-state index contributed by atoms with van der Waals surface area (Å²) in [7, 11) is 1.64. The fourth-order valence-electron chi connectivity index (χ4n) is 1.46. The molecule has 0 spiro atoms. The van der Waals surface area contributed by atoms with Crippen molar-refractivity contribution in [3.8, 4) is 0 Å². The molecule has 1 aromatic heterocycles. The molecule has 2 rings (SSSR count). The molecule has 1 amide bonds. The van der Waals surface area contributed by atoms with Gasteiger partial charge in [-0.1, -0.05) is 12.1 Å². The maximum atomic E-state index is 12.0. The Balaban J connectivity index is 2.30. The molecule has 6 nitrogen and oxygen atoms in total. The molecule has 0 saturated carbocycles. The number of hydrogen-bond donors (Lipinski definition) is 1. The first kappa shape index (κ1) is 11.1. The third-order valence-corrected chi connectivity index (χ3v) is 2.41. The first-order valence-corrected chi connectivity index (χ1v) is 5.02. The van der Waals surface area contributed by atoms with E-state index in [1.54, 1.807) is 7.05 Å². The third-order valence-electron chi connectivity index (χ3n) is 2.41. The summed E-state index contributed by atoms with van der Waals surface area (Å²) < 4.78 is 4.40. The van der Waals surface area contributed by atoms with Gasteiger partial charge in [-0.05, 0) is 34.9 Å². The van der Waals surface area contributed by atoms with Crippen molar-refractivity contribution in [3.05, 3.63) is 35.5 Å². The summed E-state index contributed by atoms with van der Waals surface area (Å²) in [4.78, 5) is 13.5. The number of benzene rings is 1. The molecule has 1 heterocycles. The van der Waals surface area contributed by atoms with E-state index in [-0.39, 0.29) is 17.4 Å². The summed E-state index contributed by atoms with van der Waals surface area (Å²) in [5.74, 6) is -0.358. The minimum absolute atomic E-state index is 0.00509. The molecule has 0 unspecified atom stereocenters. The monoisotopic (exact) mass is 232 g/mol. The minimum Gasteiger partial charge on any atom is -0.379 e. The number of carbonyl (C=O) groups excluding carboxylic acids is 1. The zero-order valence-electron chi connectivity index (χ0n) is 9.54. The lowest BCUT2D eigenvalue weighted by atomic mass is 10.2. The lowest BCUT2D eigenvalue weighted by Gasteiger charge is -2.16. The average Bonchev–Trinajstić information content (AvgIpc) is 2.73. The first-order chi connectivity index (χ1) is 8.09. The number of amides is 1. The van der Waals surface area contributed by atoms with Gasteiger partial charge in [0.25, 0.3) is 5.91 Å². The van der Waals surface area contributed by atoms with Crippen LogP contribution in [0, 0.1) is 6.92 Å². The van der Waals surface area contributed by atoms with Crippen molar-refractivity contribution in [3.63, 3.8) is 0 Å². The first-order valence-electron chi connectivity index (χ1n) is 5.02. The highest BCUT2D eigenvalue weighted by Crippen LogP contribution is 2.17. The molecule has 2 N–H and O–H groups in total. The largest absolute Gasteiger partial charge is 0.379 e. The Morgan fingerprint density at radius 3 is 2.76 bits per heavy atom. The fourth-order valence-corrected chi connectivity index (χ4v) is 1.46. The maximum absolute atomic E-state index is 12.0. The molecule has 88 valence electrons. The van der Waals surface area contributed by atoms with Crippen molar-refractivity contribution in [2.24, 2.45) is 0 Å². The van der Waals surface area contributed by atoms with E-state index in [0.29, 0.717) is 0 Å². The van der Waals surface area contributed by atoms with Gasteiger partial charge < -0.3 is 10.6 Å². The van der Waals surface area contributed by atoms with Crippen LogP contribution in [0.5, 0.6) is 0 Å².